The van der Waals surface area contributed by atoms with Crippen LogP contribution in [-0.2, 0) is 23.7 Å². The molecular weight excluding hydrogens is 582 g/mol. The lowest BCUT2D eigenvalue weighted by atomic mass is 9.83. The van der Waals surface area contributed by atoms with E-state index in [-0.39, 0.29) is 38.6 Å². The van der Waals surface area contributed by atoms with Gasteiger partial charge in [0.25, 0.3) is 0 Å². The van der Waals surface area contributed by atoms with Gasteiger partial charge in [0.2, 0.25) is 12.2 Å². The van der Waals surface area contributed by atoms with Crippen molar-refractivity contribution < 1.29 is 49.3 Å². The number of likely N-dealkylation sites (N-methyl/N-ethyl adjacent to an activating group) is 1. The third kappa shape index (κ3) is 8.23. The lowest BCUT2D eigenvalue weighted by molar-refractivity contribution is -0.304. The number of aliphatic hydroxyl groups excluding tert-OH is 4. The first kappa shape index (κ1) is 35.3. The molecule has 17 nitrogen and oxygen atoms in total. The van der Waals surface area contributed by atoms with Crippen LogP contribution in [0.15, 0.2) is 11.8 Å². The van der Waals surface area contributed by atoms with Crippen molar-refractivity contribution in [3.05, 3.63) is 11.8 Å². The molecule has 0 aromatic carbocycles. The number of carbonyl (C=O) groups excluding carboxylic acids is 1. The molecule has 1 saturated carbocycles. The number of aliphatic hydroxyl groups is 5. The van der Waals surface area contributed by atoms with Crippen molar-refractivity contribution in [2.75, 3.05) is 46.4 Å². The van der Waals surface area contributed by atoms with Crippen molar-refractivity contribution in [2.45, 2.75) is 98.7 Å². The highest BCUT2D eigenvalue weighted by Gasteiger charge is 2.52. The summed E-state index contributed by atoms with van der Waals surface area (Å²) in [6.07, 6.45) is -7.04. The second-order valence-corrected chi connectivity index (χ2v) is 12.4. The zero-order valence-corrected chi connectivity index (χ0v) is 25.2. The minimum atomic E-state index is -1.46. The van der Waals surface area contributed by atoms with E-state index in [1.54, 1.807) is 13.1 Å². The summed E-state index contributed by atoms with van der Waals surface area (Å²) in [6, 6.07) is -3.12. The average Bonchev–Trinajstić information content (AvgIpc) is 2.94. The van der Waals surface area contributed by atoms with Gasteiger partial charge < -0.3 is 82.9 Å². The van der Waals surface area contributed by atoms with Gasteiger partial charge in [0.15, 0.2) is 6.29 Å². The summed E-state index contributed by atoms with van der Waals surface area (Å²) in [6.45, 7) is 2.98. The molecule has 0 radical (unpaired) electrons. The summed E-state index contributed by atoms with van der Waals surface area (Å²) in [5.41, 5.74) is 16.8. The first-order chi connectivity index (χ1) is 20.9. The Morgan fingerprint density at radius 2 is 1.86 bits per heavy atom. The standard InChI is InChI=1S/C27H51N7O10/c1-27(40)11-41-26(20(38)23(27)31-2)44-22-17(34-24(39)18(36)12-7-32-8-12)5-16(30)21(19(22)37)43-25-15(29)4-3-14(42-25)10-33-9-13(35)6-28/h3,12-13,15-23,25-26,31-33,35-38,40H,4-11,28-30H2,1-2H3,(H,34,39)/t13?,15-,16+,17-,18?,19+,20-,21-,22+,23-,25-,26-,27+/m1/s1. The Morgan fingerprint density at radius 3 is 2.50 bits per heavy atom. The van der Waals surface area contributed by atoms with Gasteiger partial charge in [-0.2, -0.15) is 0 Å². The van der Waals surface area contributed by atoms with E-state index in [0.717, 1.165) is 0 Å². The van der Waals surface area contributed by atoms with Crippen LogP contribution in [-0.4, -0.2) is 157 Å². The number of ether oxygens (including phenoxy) is 4. The third-order valence-corrected chi connectivity index (χ3v) is 8.78. The molecule has 3 heterocycles. The Hall–Kier alpha value is -1.55. The smallest absolute Gasteiger partial charge is 0.249 e. The predicted octanol–water partition coefficient (Wildman–Crippen LogP) is -6.16. The summed E-state index contributed by atoms with van der Waals surface area (Å²) in [5, 5.41) is 65.2. The predicted molar refractivity (Wildman–Crippen MR) is 155 cm³/mol. The van der Waals surface area contributed by atoms with Crippen LogP contribution in [0.4, 0.5) is 0 Å². The van der Waals surface area contributed by atoms with Crippen LogP contribution >= 0.6 is 0 Å². The molecule has 1 amide bonds. The quantitative estimate of drug-likeness (QED) is 0.0898. The van der Waals surface area contributed by atoms with Crippen molar-refractivity contribution in [3.8, 4) is 0 Å². The summed E-state index contributed by atoms with van der Waals surface area (Å²) >= 11 is 0. The maximum Gasteiger partial charge on any atom is 0.249 e. The zero-order valence-electron chi connectivity index (χ0n) is 25.2. The Kier molecular flexibility index (Phi) is 12.3. The van der Waals surface area contributed by atoms with E-state index in [1.165, 1.54) is 6.92 Å². The van der Waals surface area contributed by atoms with Gasteiger partial charge >= 0.3 is 0 Å². The Morgan fingerprint density at radius 1 is 1.16 bits per heavy atom. The fourth-order valence-corrected chi connectivity index (χ4v) is 5.98. The van der Waals surface area contributed by atoms with Crippen LogP contribution in [0.3, 0.4) is 0 Å². The highest BCUT2D eigenvalue weighted by Crippen LogP contribution is 2.32. The van der Waals surface area contributed by atoms with Crippen molar-refractivity contribution in [1.29, 1.82) is 0 Å². The van der Waals surface area contributed by atoms with Crippen LogP contribution in [0.1, 0.15) is 19.8 Å². The van der Waals surface area contributed by atoms with Gasteiger partial charge in [-0.3, -0.25) is 4.79 Å². The van der Waals surface area contributed by atoms with Crippen LogP contribution in [0, 0.1) is 5.92 Å². The largest absolute Gasteiger partial charge is 0.467 e. The third-order valence-electron chi connectivity index (χ3n) is 8.78. The number of carbonyl (C=O) groups is 1. The molecule has 15 N–H and O–H groups in total. The molecule has 3 aliphatic heterocycles. The molecule has 0 aromatic heterocycles. The van der Waals surface area contributed by atoms with Gasteiger partial charge in [-0.1, -0.05) is 0 Å². The molecule has 4 rings (SSSR count). The average molecular weight is 634 g/mol. The van der Waals surface area contributed by atoms with Gasteiger partial charge in [0.05, 0.1) is 37.4 Å². The van der Waals surface area contributed by atoms with Gasteiger partial charge in [-0.05, 0) is 32.9 Å². The molecule has 0 bridgehead atoms. The van der Waals surface area contributed by atoms with E-state index in [4.69, 9.17) is 36.1 Å². The van der Waals surface area contributed by atoms with E-state index in [9.17, 15) is 30.3 Å². The van der Waals surface area contributed by atoms with Gasteiger partial charge in [-0.25, -0.2) is 0 Å². The second kappa shape index (κ2) is 15.4. The molecular formula is C27H51N7O10. The van der Waals surface area contributed by atoms with Crippen molar-refractivity contribution in [1.82, 2.24) is 21.3 Å². The Labute approximate surface area is 256 Å². The molecule has 13 atom stereocenters. The molecule has 4 aliphatic rings. The summed E-state index contributed by atoms with van der Waals surface area (Å²) in [7, 11) is 1.58. The molecule has 2 unspecified atom stereocenters. The van der Waals surface area contributed by atoms with Crippen molar-refractivity contribution in [3.63, 3.8) is 0 Å². The number of amides is 1. The van der Waals surface area contributed by atoms with E-state index in [0.29, 0.717) is 25.3 Å². The second-order valence-electron chi connectivity index (χ2n) is 12.4. The minimum Gasteiger partial charge on any atom is -0.467 e. The van der Waals surface area contributed by atoms with E-state index >= 15 is 0 Å². The van der Waals surface area contributed by atoms with Gasteiger partial charge in [0.1, 0.15) is 41.9 Å². The fourth-order valence-electron chi connectivity index (χ4n) is 5.98. The topological polar surface area (TPSA) is 281 Å². The summed E-state index contributed by atoms with van der Waals surface area (Å²) in [5.74, 6) is -0.370. The molecule has 3 fully saturated rings. The number of nitrogens with two attached hydrogens (primary N) is 3. The number of nitrogens with one attached hydrogen (secondary N) is 4. The molecule has 0 aromatic rings. The molecule has 17 heteroatoms. The maximum atomic E-state index is 13.0. The lowest BCUT2D eigenvalue weighted by Gasteiger charge is -2.49. The first-order valence-corrected chi connectivity index (χ1v) is 15.2. The Bertz CT molecular complexity index is 975. The zero-order chi connectivity index (χ0) is 32.2. The van der Waals surface area contributed by atoms with Crippen molar-refractivity contribution in [2.24, 2.45) is 23.1 Å². The highest BCUT2D eigenvalue weighted by atomic mass is 16.7. The molecule has 44 heavy (non-hydrogen) atoms. The lowest BCUT2D eigenvalue weighted by Crippen LogP contribution is -2.69. The summed E-state index contributed by atoms with van der Waals surface area (Å²) < 4.78 is 23.9. The SMILES string of the molecule is CN[C@@H]1[C@@H](O)[C@@H](O[C@@H]2[C@@H](O)[C@H](O[C@H]3OC(CNCC(O)CN)=CC[C@H]3N)[C@@H](N)C[C@H]2NC(=O)C(O)C2CNC2)OC[C@]1(C)O. The fraction of sp³-hybridized carbons (Fsp3) is 0.889. The Balaban J connectivity index is 1.48. The first-order valence-electron chi connectivity index (χ1n) is 15.2. The van der Waals surface area contributed by atoms with Crippen LogP contribution in [0.2, 0.25) is 0 Å². The van der Waals surface area contributed by atoms with Crippen LogP contribution in [0.5, 0.6) is 0 Å². The van der Waals surface area contributed by atoms with Crippen LogP contribution in [0.25, 0.3) is 0 Å². The van der Waals surface area contributed by atoms with E-state index in [1.807, 2.05) is 0 Å². The molecule has 2 saturated heterocycles. The van der Waals surface area contributed by atoms with Crippen molar-refractivity contribution >= 4 is 5.91 Å². The molecule has 254 valence electrons. The molecule has 1 aliphatic carbocycles. The minimum absolute atomic E-state index is 0.0763. The van der Waals surface area contributed by atoms with Gasteiger partial charge in [-0.15, -0.1) is 0 Å². The number of hydrogen-bond acceptors (Lipinski definition) is 16. The van der Waals surface area contributed by atoms with E-state index in [2.05, 4.69) is 21.3 Å². The monoisotopic (exact) mass is 633 g/mol. The maximum absolute atomic E-state index is 13.0. The molecule has 0 spiro atoms. The summed E-state index contributed by atoms with van der Waals surface area (Å²) in [4.78, 5) is 13.0. The van der Waals surface area contributed by atoms with Gasteiger partial charge in [0, 0.05) is 38.1 Å². The highest BCUT2D eigenvalue weighted by molar-refractivity contribution is 5.81. The van der Waals surface area contributed by atoms with E-state index < -0.39 is 84.9 Å². The number of rotatable bonds is 13. The number of hydrogen-bond donors (Lipinski definition) is 12. The normalized spacial score (nSPS) is 41.2. The van der Waals surface area contributed by atoms with Crippen LogP contribution < -0.4 is 38.5 Å².